The maximum absolute atomic E-state index is 11.9. The van der Waals surface area contributed by atoms with Crippen molar-refractivity contribution in [3.63, 3.8) is 0 Å². The van der Waals surface area contributed by atoms with Crippen molar-refractivity contribution in [3.8, 4) is 11.4 Å². The fourth-order valence-corrected chi connectivity index (χ4v) is 2.79. The lowest BCUT2D eigenvalue weighted by atomic mass is 10.2. The predicted octanol–water partition coefficient (Wildman–Crippen LogP) is 3.80. The maximum Gasteiger partial charge on any atom is 0.246 e. The molecule has 24 heavy (non-hydrogen) atoms. The van der Waals surface area contributed by atoms with E-state index in [2.05, 4.69) is 15.5 Å². The molecule has 0 aliphatic heterocycles. The fourth-order valence-electron chi connectivity index (χ4n) is 1.94. The molecule has 5 nitrogen and oxygen atoms in total. The Balaban J connectivity index is 1.48. The van der Waals surface area contributed by atoms with Gasteiger partial charge in [-0.2, -0.15) is 4.98 Å². The van der Waals surface area contributed by atoms with Crippen molar-refractivity contribution in [1.82, 2.24) is 15.5 Å². The first-order valence-electron chi connectivity index (χ1n) is 7.24. The van der Waals surface area contributed by atoms with Gasteiger partial charge in [0.25, 0.3) is 0 Å². The lowest BCUT2D eigenvalue weighted by molar-refractivity contribution is -0.118. The summed E-state index contributed by atoms with van der Waals surface area (Å²) in [7, 11) is 0. The van der Waals surface area contributed by atoms with Crippen LogP contribution in [0.2, 0.25) is 5.02 Å². The highest BCUT2D eigenvalue weighted by atomic mass is 35.5. The van der Waals surface area contributed by atoms with Crippen molar-refractivity contribution < 1.29 is 9.32 Å². The van der Waals surface area contributed by atoms with Crippen molar-refractivity contribution in [2.75, 3.05) is 5.75 Å². The van der Waals surface area contributed by atoms with Crippen molar-refractivity contribution in [3.05, 3.63) is 65.5 Å². The Kier molecular flexibility index (Phi) is 5.51. The van der Waals surface area contributed by atoms with E-state index in [1.807, 2.05) is 42.5 Å². The summed E-state index contributed by atoms with van der Waals surface area (Å²) in [6.07, 6.45) is 0. The van der Waals surface area contributed by atoms with Crippen LogP contribution in [0.1, 0.15) is 5.89 Å². The van der Waals surface area contributed by atoms with Crippen LogP contribution in [0, 0.1) is 0 Å². The Labute approximate surface area is 148 Å². The first-order chi connectivity index (χ1) is 11.7. The van der Waals surface area contributed by atoms with Crippen LogP contribution >= 0.6 is 23.4 Å². The first-order valence-corrected chi connectivity index (χ1v) is 8.60. The molecule has 122 valence electrons. The van der Waals surface area contributed by atoms with E-state index >= 15 is 0 Å². The van der Waals surface area contributed by atoms with E-state index in [1.54, 1.807) is 12.1 Å². The number of aromatic nitrogens is 2. The van der Waals surface area contributed by atoms with Crippen molar-refractivity contribution >= 4 is 29.3 Å². The second-order valence-electron chi connectivity index (χ2n) is 4.90. The average Bonchev–Trinajstić information content (AvgIpc) is 3.09. The highest BCUT2D eigenvalue weighted by molar-refractivity contribution is 8.00. The minimum Gasteiger partial charge on any atom is -0.346 e. The molecule has 0 aliphatic rings. The molecule has 2 aromatic carbocycles. The van der Waals surface area contributed by atoms with Gasteiger partial charge in [0, 0.05) is 15.5 Å². The van der Waals surface area contributed by atoms with Gasteiger partial charge in [-0.1, -0.05) is 47.1 Å². The normalized spacial score (nSPS) is 10.5. The molecular formula is C17H14ClN3O2S. The molecular weight excluding hydrogens is 346 g/mol. The van der Waals surface area contributed by atoms with Gasteiger partial charge in [-0.3, -0.25) is 4.79 Å². The molecule has 0 spiro atoms. The van der Waals surface area contributed by atoms with Crippen molar-refractivity contribution in [2.45, 2.75) is 11.4 Å². The number of rotatable bonds is 6. The van der Waals surface area contributed by atoms with Gasteiger partial charge in [-0.05, 0) is 24.3 Å². The van der Waals surface area contributed by atoms with Crippen LogP contribution in [0.4, 0.5) is 0 Å². The lowest BCUT2D eigenvalue weighted by Crippen LogP contribution is -2.24. The van der Waals surface area contributed by atoms with Gasteiger partial charge in [-0.25, -0.2) is 0 Å². The molecule has 3 rings (SSSR count). The molecule has 1 heterocycles. The molecule has 0 aliphatic carbocycles. The van der Waals surface area contributed by atoms with E-state index in [4.69, 9.17) is 16.1 Å². The molecule has 0 radical (unpaired) electrons. The third kappa shape index (κ3) is 4.59. The molecule has 1 amide bonds. The number of nitrogens with one attached hydrogen (secondary N) is 1. The Morgan fingerprint density at radius 2 is 1.88 bits per heavy atom. The summed E-state index contributed by atoms with van der Waals surface area (Å²) < 4.78 is 5.15. The Bertz CT molecular complexity index is 806. The van der Waals surface area contributed by atoms with E-state index in [0.717, 1.165) is 10.5 Å². The van der Waals surface area contributed by atoms with E-state index in [1.165, 1.54) is 11.8 Å². The SMILES string of the molecule is O=C(CSc1ccc(Cl)cc1)NCc1nc(-c2ccccc2)no1. The van der Waals surface area contributed by atoms with Gasteiger partial charge in [0.15, 0.2) is 0 Å². The number of amides is 1. The summed E-state index contributed by atoms with van der Waals surface area (Å²) in [4.78, 5) is 17.1. The second kappa shape index (κ2) is 7.99. The van der Waals surface area contributed by atoms with Gasteiger partial charge >= 0.3 is 0 Å². The van der Waals surface area contributed by atoms with E-state index in [0.29, 0.717) is 22.5 Å². The second-order valence-corrected chi connectivity index (χ2v) is 6.38. The summed E-state index contributed by atoms with van der Waals surface area (Å²) >= 11 is 7.26. The summed E-state index contributed by atoms with van der Waals surface area (Å²) in [6, 6.07) is 16.9. The van der Waals surface area contributed by atoms with Crippen molar-refractivity contribution in [1.29, 1.82) is 0 Å². The summed E-state index contributed by atoms with van der Waals surface area (Å²) in [5.74, 6) is 1.09. The molecule has 0 fully saturated rings. The van der Waals surface area contributed by atoms with Crippen molar-refractivity contribution in [2.24, 2.45) is 0 Å². The minimum absolute atomic E-state index is 0.102. The Morgan fingerprint density at radius 1 is 1.12 bits per heavy atom. The van der Waals surface area contributed by atoms with Gasteiger partial charge in [0.2, 0.25) is 17.6 Å². The third-order valence-corrected chi connectivity index (χ3v) is 4.38. The number of carbonyl (C=O) groups is 1. The monoisotopic (exact) mass is 359 g/mol. The van der Waals surface area contributed by atoms with Gasteiger partial charge in [-0.15, -0.1) is 11.8 Å². The molecule has 1 aromatic heterocycles. The van der Waals surface area contributed by atoms with Crippen LogP contribution in [0.5, 0.6) is 0 Å². The largest absolute Gasteiger partial charge is 0.346 e. The summed E-state index contributed by atoms with van der Waals surface area (Å²) in [5.41, 5.74) is 0.872. The van der Waals surface area contributed by atoms with Crippen LogP contribution < -0.4 is 5.32 Å². The van der Waals surface area contributed by atoms with Crippen LogP contribution in [-0.2, 0) is 11.3 Å². The number of hydrogen-bond acceptors (Lipinski definition) is 5. The number of carbonyl (C=O) groups excluding carboxylic acids is 1. The number of halogens is 1. The average molecular weight is 360 g/mol. The van der Waals surface area contributed by atoms with E-state index in [-0.39, 0.29) is 12.5 Å². The smallest absolute Gasteiger partial charge is 0.246 e. The Morgan fingerprint density at radius 3 is 2.62 bits per heavy atom. The molecule has 1 N–H and O–H groups in total. The highest BCUT2D eigenvalue weighted by Crippen LogP contribution is 2.20. The number of hydrogen-bond donors (Lipinski definition) is 1. The zero-order valence-electron chi connectivity index (χ0n) is 12.6. The highest BCUT2D eigenvalue weighted by Gasteiger charge is 2.10. The van der Waals surface area contributed by atoms with Crippen LogP contribution in [-0.4, -0.2) is 21.8 Å². The quantitative estimate of drug-likeness (QED) is 0.678. The van der Waals surface area contributed by atoms with E-state index in [9.17, 15) is 4.79 Å². The maximum atomic E-state index is 11.9. The minimum atomic E-state index is -0.102. The molecule has 0 saturated heterocycles. The van der Waals surface area contributed by atoms with Crippen LogP contribution in [0.3, 0.4) is 0 Å². The molecule has 7 heteroatoms. The first kappa shape index (κ1) is 16.5. The molecule has 0 atom stereocenters. The molecule has 0 unspecified atom stereocenters. The van der Waals surface area contributed by atoms with Gasteiger partial charge < -0.3 is 9.84 Å². The van der Waals surface area contributed by atoms with Crippen LogP contribution in [0.25, 0.3) is 11.4 Å². The topological polar surface area (TPSA) is 68.0 Å². The number of nitrogens with zero attached hydrogens (tertiary/aromatic N) is 2. The Hall–Kier alpha value is -2.31. The summed E-state index contributed by atoms with van der Waals surface area (Å²) in [5, 5.41) is 7.35. The van der Waals surface area contributed by atoms with Gasteiger partial charge in [0.05, 0.1) is 12.3 Å². The number of thioether (sulfide) groups is 1. The molecule has 0 saturated carbocycles. The zero-order chi connectivity index (χ0) is 16.8. The summed E-state index contributed by atoms with van der Waals surface area (Å²) in [6.45, 7) is 0.208. The number of benzene rings is 2. The lowest BCUT2D eigenvalue weighted by Gasteiger charge is -2.02. The predicted molar refractivity (Wildman–Crippen MR) is 93.8 cm³/mol. The molecule has 3 aromatic rings. The van der Waals surface area contributed by atoms with Crippen LogP contribution in [0.15, 0.2) is 64.0 Å². The zero-order valence-corrected chi connectivity index (χ0v) is 14.2. The third-order valence-electron chi connectivity index (χ3n) is 3.12. The molecule has 0 bridgehead atoms. The van der Waals surface area contributed by atoms with E-state index < -0.39 is 0 Å². The standard InChI is InChI=1S/C17H14ClN3O2S/c18-13-6-8-14(9-7-13)24-11-15(22)19-10-16-20-17(21-23-16)12-4-2-1-3-5-12/h1-9H,10-11H2,(H,19,22). The fraction of sp³-hybridized carbons (Fsp3) is 0.118. The van der Waals surface area contributed by atoms with Gasteiger partial charge in [0.1, 0.15) is 0 Å².